The van der Waals surface area contributed by atoms with Gasteiger partial charge in [0, 0.05) is 26.2 Å². The minimum atomic E-state index is -3.77. The molecule has 1 fully saturated rings. The second kappa shape index (κ2) is 11.6. The molecule has 1 saturated heterocycles. The van der Waals surface area contributed by atoms with Crippen LogP contribution in [0.2, 0.25) is 5.02 Å². The topological polar surface area (TPSA) is 69.7 Å². The van der Waals surface area contributed by atoms with Crippen molar-refractivity contribution >= 4 is 33.2 Å². The van der Waals surface area contributed by atoms with Crippen LogP contribution in [0, 0.1) is 6.92 Å². The SMILES string of the molecule is Cc1ccc(S(=O)(=O)Nc2ccc(C(=O)N3CCN(C(c4ccccc4)c4ccccc4)CC3)c(Cl)c2)cc1. The molecule has 0 radical (unpaired) electrons. The summed E-state index contributed by atoms with van der Waals surface area (Å²) in [4.78, 5) is 17.7. The van der Waals surface area contributed by atoms with E-state index in [1.165, 1.54) is 17.2 Å². The van der Waals surface area contributed by atoms with Crippen molar-refractivity contribution in [2.24, 2.45) is 0 Å². The second-order valence-corrected chi connectivity index (χ2v) is 11.8. The minimum absolute atomic E-state index is 0.106. The summed E-state index contributed by atoms with van der Waals surface area (Å²) < 4.78 is 28.0. The number of halogens is 1. The number of hydrogen-bond acceptors (Lipinski definition) is 4. The molecule has 200 valence electrons. The molecule has 0 unspecified atom stereocenters. The number of nitrogens with zero attached hydrogens (tertiary/aromatic N) is 2. The van der Waals surface area contributed by atoms with E-state index in [-0.39, 0.29) is 21.9 Å². The van der Waals surface area contributed by atoms with Crippen LogP contribution in [0.25, 0.3) is 0 Å². The summed E-state index contributed by atoms with van der Waals surface area (Å²) in [7, 11) is -3.77. The number of aryl methyl sites for hydroxylation is 1. The second-order valence-electron chi connectivity index (χ2n) is 9.67. The van der Waals surface area contributed by atoms with Crippen LogP contribution in [-0.2, 0) is 10.0 Å². The lowest BCUT2D eigenvalue weighted by atomic mass is 9.96. The normalized spacial score (nSPS) is 14.4. The summed E-state index contributed by atoms with van der Waals surface area (Å²) in [5.74, 6) is -0.163. The van der Waals surface area contributed by atoms with Gasteiger partial charge in [0.05, 0.1) is 27.2 Å². The lowest BCUT2D eigenvalue weighted by molar-refractivity contribution is 0.0597. The summed E-state index contributed by atoms with van der Waals surface area (Å²) in [5.41, 5.74) is 4.06. The molecule has 0 saturated carbocycles. The maximum absolute atomic E-state index is 13.4. The van der Waals surface area contributed by atoms with Crippen molar-refractivity contribution in [3.05, 3.63) is 130 Å². The number of nitrogens with one attached hydrogen (secondary N) is 1. The maximum atomic E-state index is 13.4. The van der Waals surface area contributed by atoms with Gasteiger partial charge in [-0.2, -0.15) is 0 Å². The van der Waals surface area contributed by atoms with Crippen molar-refractivity contribution < 1.29 is 13.2 Å². The average Bonchev–Trinajstić information content (AvgIpc) is 2.95. The summed E-state index contributed by atoms with van der Waals surface area (Å²) in [6, 6.07) is 32.2. The predicted molar refractivity (Wildman–Crippen MR) is 156 cm³/mol. The highest BCUT2D eigenvalue weighted by Gasteiger charge is 2.29. The van der Waals surface area contributed by atoms with E-state index in [0.717, 1.165) is 5.56 Å². The Bertz CT molecular complexity index is 1500. The number of amides is 1. The summed E-state index contributed by atoms with van der Waals surface area (Å²) >= 11 is 6.49. The Labute approximate surface area is 234 Å². The molecule has 1 aliphatic rings. The van der Waals surface area contributed by atoms with Gasteiger partial charge in [-0.05, 0) is 48.4 Å². The lowest BCUT2D eigenvalue weighted by Crippen LogP contribution is -2.49. The van der Waals surface area contributed by atoms with Crippen molar-refractivity contribution in [3.63, 3.8) is 0 Å². The van der Waals surface area contributed by atoms with E-state index in [9.17, 15) is 13.2 Å². The molecule has 5 rings (SSSR count). The number of benzene rings is 4. The van der Waals surface area contributed by atoms with Crippen molar-refractivity contribution in [2.75, 3.05) is 30.9 Å². The van der Waals surface area contributed by atoms with Crippen molar-refractivity contribution in [3.8, 4) is 0 Å². The largest absolute Gasteiger partial charge is 0.336 e. The third-order valence-electron chi connectivity index (χ3n) is 6.98. The number of sulfonamides is 1. The molecule has 0 atom stereocenters. The average molecular weight is 560 g/mol. The monoisotopic (exact) mass is 559 g/mol. The molecular formula is C31H30ClN3O3S. The first-order valence-electron chi connectivity index (χ1n) is 12.8. The number of piperazine rings is 1. The lowest BCUT2D eigenvalue weighted by Gasteiger charge is -2.40. The Kier molecular flexibility index (Phi) is 8.02. The molecule has 4 aromatic carbocycles. The van der Waals surface area contributed by atoms with Gasteiger partial charge in [-0.3, -0.25) is 14.4 Å². The van der Waals surface area contributed by atoms with E-state index in [1.54, 1.807) is 41.3 Å². The molecular weight excluding hydrogens is 530 g/mol. The zero-order valence-corrected chi connectivity index (χ0v) is 23.2. The van der Waals surface area contributed by atoms with Gasteiger partial charge in [-0.15, -0.1) is 0 Å². The van der Waals surface area contributed by atoms with Gasteiger partial charge in [-0.1, -0.05) is 90.0 Å². The van der Waals surface area contributed by atoms with Gasteiger partial charge in [0.15, 0.2) is 0 Å². The van der Waals surface area contributed by atoms with E-state index >= 15 is 0 Å². The quantitative estimate of drug-likeness (QED) is 0.302. The molecule has 0 aromatic heterocycles. The van der Waals surface area contributed by atoms with Gasteiger partial charge in [0.1, 0.15) is 0 Å². The molecule has 1 N–H and O–H groups in total. The summed E-state index contributed by atoms with van der Waals surface area (Å²) in [6.07, 6.45) is 0. The van der Waals surface area contributed by atoms with Crippen LogP contribution in [-0.4, -0.2) is 50.3 Å². The molecule has 0 bridgehead atoms. The van der Waals surface area contributed by atoms with Crippen LogP contribution >= 0.6 is 11.6 Å². The Morgan fingerprint density at radius 3 is 1.90 bits per heavy atom. The van der Waals surface area contributed by atoms with Gasteiger partial charge >= 0.3 is 0 Å². The first-order valence-corrected chi connectivity index (χ1v) is 14.7. The number of carbonyl (C=O) groups excluding carboxylic acids is 1. The summed E-state index contributed by atoms with van der Waals surface area (Å²) in [6.45, 7) is 4.45. The smallest absolute Gasteiger partial charge is 0.261 e. The zero-order chi connectivity index (χ0) is 27.4. The van der Waals surface area contributed by atoms with E-state index in [2.05, 4.69) is 58.2 Å². The van der Waals surface area contributed by atoms with Crippen molar-refractivity contribution in [2.45, 2.75) is 17.9 Å². The summed E-state index contributed by atoms with van der Waals surface area (Å²) in [5, 5.41) is 0.206. The fraction of sp³-hybridized carbons (Fsp3) is 0.194. The highest BCUT2D eigenvalue weighted by Crippen LogP contribution is 2.30. The Morgan fingerprint density at radius 1 is 0.795 bits per heavy atom. The van der Waals surface area contributed by atoms with Gasteiger partial charge in [0.25, 0.3) is 15.9 Å². The van der Waals surface area contributed by atoms with E-state index < -0.39 is 10.0 Å². The molecule has 0 spiro atoms. The van der Waals surface area contributed by atoms with Crippen molar-refractivity contribution in [1.29, 1.82) is 0 Å². The Balaban J connectivity index is 1.27. The number of anilines is 1. The standard InChI is InChI=1S/C31H30ClN3O3S/c1-23-12-15-27(16-13-23)39(37,38)33-26-14-17-28(29(32)22-26)31(36)35-20-18-34(19-21-35)30(24-8-4-2-5-9-24)25-10-6-3-7-11-25/h2-17,22,30,33H,18-21H2,1H3. The van der Waals surface area contributed by atoms with E-state index in [1.807, 2.05) is 19.1 Å². The minimum Gasteiger partial charge on any atom is -0.336 e. The molecule has 6 nitrogen and oxygen atoms in total. The maximum Gasteiger partial charge on any atom is 0.261 e. The van der Waals surface area contributed by atoms with Crippen LogP contribution < -0.4 is 4.72 Å². The first kappa shape index (κ1) is 26.9. The van der Waals surface area contributed by atoms with Gasteiger partial charge < -0.3 is 4.90 Å². The van der Waals surface area contributed by atoms with Gasteiger partial charge in [-0.25, -0.2) is 8.42 Å². The molecule has 1 aliphatic heterocycles. The molecule has 1 amide bonds. The Morgan fingerprint density at radius 2 is 1.36 bits per heavy atom. The van der Waals surface area contributed by atoms with Gasteiger partial charge in [0.2, 0.25) is 0 Å². The molecule has 4 aromatic rings. The highest BCUT2D eigenvalue weighted by atomic mass is 35.5. The van der Waals surface area contributed by atoms with Crippen LogP contribution in [0.5, 0.6) is 0 Å². The van der Waals surface area contributed by atoms with E-state index in [0.29, 0.717) is 37.4 Å². The van der Waals surface area contributed by atoms with Crippen LogP contribution in [0.3, 0.4) is 0 Å². The molecule has 0 aliphatic carbocycles. The Hall–Kier alpha value is -3.65. The van der Waals surface area contributed by atoms with Crippen LogP contribution in [0.15, 0.2) is 108 Å². The fourth-order valence-electron chi connectivity index (χ4n) is 4.92. The van der Waals surface area contributed by atoms with Crippen LogP contribution in [0.4, 0.5) is 5.69 Å². The molecule has 1 heterocycles. The van der Waals surface area contributed by atoms with Crippen LogP contribution in [0.1, 0.15) is 33.1 Å². The highest BCUT2D eigenvalue weighted by molar-refractivity contribution is 7.92. The van der Waals surface area contributed by atoms with E-state index in [4.69, 9.17) is 11.6 Å². The number of carbonyl (C=O) groups is 1. The number of rotatable bonds is 7. The number of hydrogen-bond donors (Lipinski definition) is 1. The third kappa shape index (κ3) is 6.17. The predicted octanol–water partition coefficient (Wildman–Crippen LogP) is 6.00. The van der Waals surface area contributed by atoms with Crippen molar-refractivity contribution in [1.82, 2.24) is 9.80 Å². The zero-order valence-electron chi connectivity index (χ0n) is 21.6. The molecule has 8 heteroatoms. The third-order valence-corrected chi connectivity index (χ3v) is 8.69. The fourth-order valence-corrected chi connectivity index (χ4v) is 6.23. The molecule has 39 heavy (non-hydrogen) atoms. The first-order chi connectivity index (χ1) is 18.8.